The van der Waals surface area contributed by atoms with Gasteiger partial charge in [0.05, 0.1) is 6.61 Å². The molecular formula is C6H14N2O2S2. The Kier molecular flexibility index (Phi) is 12.1. The average Bonchev–Trinajstić information content (AvgIpc) is 1.86. The lowest BCUT2D eigenvalue weighted by molar-refractivity contribution is 0.300. The van der Waals surface area contributed by atoms with Crippen LogP contribution in [0, 0.1) is 0 Å². The molecule has 0 radical (unpaired) electrons. The van der Waals surface area contributed by atoms with Gasteiger partial charge >= 0.3 is 0 Å². The second-order valence-electron chi connectivity index (χ2n) is 1.86. The van der Waals surface area contributed by atoms with E-state index in [4.69, 9.17) is 15.6 Å². The third-order valence-corrected chi connectivity index (χ3v) is 0.860. The lowest BCUT2D eigenvalue weighted by Gasteiger charge is -1.98. The molecule has 0 heterocycles. The quantitative estimate of drug-likeness (QED) is 0.473. The molecule has 0 rings (SSSR count). The lowest BCUT2D eigenvalue weighted by atomic mass is 10.4. The highest BCUT2D eigenvalue weighted by molar-refractivity contribution is 7.80. The van der Waals surface area contributed by atoms with Crippen molar-refractivity contribution in [3.05, 3.63) is 0 Å². The Labute approximate surface area is 82.9 Å². The van der Waals surface area contributed by atoms with Crippen LogP contribution >= 0.6 is 24.4 Å². The van der Waals surface area contributed by atoms with Crippen LogP contribution in [0.15, 0.2) is 0 Å². The number of hydrogen-bond acceptors (Lipinski definition) is 3. The Morgan fingerprint density at radius 1 is 1.42 bits per heavy atom. The van der Waals surface area contributed by atoms with E-state index in [9.17, 15) is 0 Å². The molecule has 0 aromatic heterocycles. The highest BCUT2D eigenvalue weighted by Gasteiger charge is 1.85. The maximum atomic E-state index is 7.56. The maximum Gasteiger partial charge on any atom is 0.253 e. The van der Waals surface area contributed by atoms with Crippen LogP contribution in [0.2, 0.25) is 0 Å². The molecule has 0 saturated heterocycles. The molecule has 0 aromatic carbocycles. The van der Waals surface area contributed by atoms with Crippen LogP contribution in [0.5, 0.6) is 0 Å². The molecule has 0 aromatic rings. The van der Waals surface area contributed by atoms with Gasteiger partial charge in [0.25, 0.3) is 10.3 Å². The number of aliphatic hydroxyl groups excluding tert-OH is 1. The van der Waals surface area contributed by atoms with Gasteiger partial charge in [-0.1, -0.05) is 13.3 Å². The summed E-state index contributed by atoms with van der Waals surface area (Å²) >= 11 is 8.33. The highest BCUT2D eigenvalue weighted by atomic mass is 32.1. The summed E-state index contributed by atoms with van der Waals surface area (Å²) in [5.41, 5.74) is 9.44. The van der Waals surface area contributed by atoms with Crippen molar-refractivity contribution in [2.24, 2.45) is 11.5 Å². The fourth-order valence-corrected chi connectivity index (χ4v) is 0.400. The summed E-state index contributed by atoms with van der Waals surface area (Å²) in [5, 5.41) is 7.22. The van der Waals surface area contributed by atoms with Crippen LogP contribution in [-0.4, -0.2) is 22.1 Å². The SMILES string of the molecule is CCCCOC(N)=S.NC(O)=S. The summed E-state index contributed by atoms with van der Waals surface area (Å²) in [6.07, 6.45) is 2.14. The van der Waals surface area contributed by atoms with E-state index in [0.29, 0.717) is 6.61 Å². The fourth-order valence-electron chi connectivity index (χ4n) is 0.317. The molecule has 0 amide bonds. The first kappa shape index (κ1) is 13.9. The second-order valence-corrected chi connectivity index (χ2v) is 2.68. The van der Waals surface area contributed by atoms with Crippen molar-refractivity contribution >= 4 is 34.8 Å². The van der Waals surface area contributed by atoms with E-state index in [0.717, 1.165) is 12.8 Å². The van der Waals surface area contributed by atoms with E-state index in [2.05, 4.69) is 37.1 Å². The van der Waals surface area contributed by atoms with E-state index < -0.39 is 5.17 Å². The molecule has 4 nitrogen and oxygen atoms in total. The minimum atomic E-state index is -0.500. The van der Waals surface area contributed by atoms with Gasteiger partial charge in [-0.2, -0.15) is 0 Å². The van der Waals surface area contributed by atoms with Crippen molar-refractivity contribution in [1.29, 1.82) is 0 Å². The molecule has 12 heavy (non-hydrogen) atoms. The molecule has 0 aliphatic carbocycles. The summed E-state index contributed by atoms with van der Waals surface area (Å²) in [7, 11) is 0. The minimum Gasteiger partial charge on any atom is -0.487 e. The number of unbranched alkanes of at least 4 members (excludes halogenated alkanes) is 1. The van der Waals surface area contributed by atoms with Gasteiger partial charge in [0.2, 0.25) is 0 Å². The summed E-state index contributed by atoms with van der Waals surface area (Å²) < 4.78 is 4.79. The van der Waals surface area contributed by atoms with Gasteiger partial charge in [-0.15, -0.1) is 0 Å². The minimum absolute atomic E-state index is 0.151. The summed E-state index contributed by atoms with van der Waals surface area (Å²) in [5.74, 6) is 0. The van der Waals surface area contributed by atoms with Crippen molar-refractivity contribution < 1.29 is 9.84 Å². The zero-order chi connectivity index (χ0) is 9.98. The van der Waals surface area contributed by atoms with Crippen LogP contribution in [0.25, 0.3) is 0 Å². The van der Waals surface area contributed by atoms with Gasteiger partial charge in [0, 0.05) is 0 Å². The van der Waals surface area contributed by atoms with Crippen LogP contribution in [0.4, 0.5) is 0 Å². The number of aliphatic hydroxyl groups is 1. The molecule has 0 fully saturated rings. The number of rotatable bonds is 3. The summed E-state index contributed by atoms with van der Waals surface area (Å²) in [6.45, 7) is 2.74. The smallest absolute Gasteiger partial charge is 0.253 e. The maximum absolute atomic E-state index is 7.56. The second kappa shape index (κ2) is 10.4. The zero-order valence-corrected chi connectivity index (χ0v) is 8.58. The molecule has 0 bridgehead atoms. The largest absolute Gasteiger partial charge is 0.487 e. The van der Waals surface area contributed by atoms with E-state index in [1.54, 1.807) is 0 Å². The standard InChI is InChI=1S/C5H11NOS.CH3NOS/c1-2-3-4-7-5(6)8;2-1(3)4/h2-4H2,1H3,(H2,6,8);(H3,2,3,4). The third kappa shape index (κ3) is 34.3. The van der Waals surface area contributed by atoms with Gasteiger partial charge in [0.1, 0.15) is 0 Å². The van der Waals surface area contributed by atoms with E-state index >= 15 is 0 Å². The monoisotopic (exact) mass is 210 g/mol. The molecular weight excluding hydrogens is 196 g/mol. The average molecular weight is 210 g/mol. The number of thiocarbonyl (C=S) groups is 2. The Bertz CT molecular complexity index is 138. The molecule has 0 saturated carbocycles. The highest BCUT2D eigenvalue weighted by Crippen LogP contribution is 1.86. The molecule has 0 aliphatic heterocycles. The van der Waals surface area contributed by atoms with Crippen LogP contribution in [-0.2, 0) is 4.74 Å². The summed E-state index contributed by atoms with van der Waals surface area (Å²) in [6, 6.07) is 0. The predicted molar refractivity (Wildman–Crippen MR) is 57.1 cm³/mol. The Morgan fingerprint density at radius 2 is 1.83 bits per heavy atom. The first-order valence-electron chi connectivity index (χ1n) is 3.41. The number of hydrogen-bond donors (Lipinski definition) is 3. The van der Waals surface area contributed by atoms with Crippen molar-refractivity contribution in [2.45, 2.75) is 19.8 Å². The first-order valence-corrected chi connectivity index (χ1v) is 4.23. The lowest BCUT2D eigenvalue weighted by Crippen LogP contribution is -2.12. The van der Waals surface area contributed by atoms with Crippen molar-refractivity contribution in [3.63, 3.8) is 0 Å². The molecule has 0 aliphatic rings. The normalized spacial score (nSPS) is 7.75. The van der Waals surface area contributed by atoms with E-state index in [-0.39, 0.29) is 5.17 Å². The fraction of sp³-hybridized carbons (Fsp3) is 0.667. The topological polar surface area (TPSA) is 81.5 Å². The number of ether oxygens (including phenoxy) is 1. The van der Waals surface area contributed by atoms with Crippen LogP contribution in [0.3, 0.4) is 0 Å². The predicted octanol–water partition coefficient (Wildman–Crippen LogP) is 0.835. The van der Waals surface area contributed by atoms with Gasteiger partial charge < -0.3 is 21.3 Å². The molecule has 72 valence electrons. The van der Waals surface area contributed by atoms with Gasteiger partial charge in [0.15, 0.2) is 0 Å². The van der Waals surface area contributed by atoms with E-state index in [1.807, 2.05) is 0 Å². The number of nitrogens with two attached hydrogens (primary N) is 2. The van der Waals surface area contributed by atoms with Crippen molar-refractivity contribution in [1.82, 2.24) is 0 Å². The van der Waals surface area contributed by atoms with Gasteiger partial charge in [-0.05, 0) is 30.9 Å². The Morgan fingerprint density at radius 3 is 2.08 bits per heavy atom. The van der Waals surface area contributed by atoms with Gasteiger partial charge in [-0.3, -0.25) is 0 Å². The van der Waals surface area contributed by atoms with Crippen molar-refractivity contribution in [2.75, 3.05) is 6.61 Å². The molecule has 0 atom stereocenters. The first-order chi connectivity index (χ1) is 5.50. The summed E-state index contributed by atoms with van der Waals surface area (Å²) in [4.78, 5) is 0. The van der Waals surface area contributed by atoms with Crippen LogP contribution < -0.4 is 11.5 Å². The Hall–Kier alpha value is -0.620. The zero-order valence-electron chi connectivity index (χ0n) is 6.95. The molecule has 0 unspecified atom stereocenters. The van der Waals surface area contributed by atoms with E-state index in [1.165, 1.54) is 0 Å². The van der Waals surface area contributed by atoms with Crippen LogP contribution in [0.1, 0.15) is 19.8 Å². The molecule has 0 spiro atoms. The van der Waals surface area contributed by atoms with Gasteiger partial charge in [-0.25, -0.2) is 0 Å². The third-order valence-electron chi connectivity index (χ3n) is 0.742. The Balaban J connectivity index is 0. The molecule has 6 heteroatoms. The van der Waals surface area contributed by atoms with Crippen molar-refractivity contribution in [3.8, 4) is 0 Å². The molecule has 5 N–H and O–H groups in total.